The summed E-state index contributed by atoms with van der Waals surface area (Å²) < 4.78 is 12.4. The summed E-state index contributed by atoms with van der Waals surface area (Å²) in [6, 6.07) is 68.9. The molecule has 11 aromatic rings. The number of azo groups is 2. The minimum Gasteiger partial charge on any atom is -0.505 e. The highest BCUT2D eigenvalue weighted by Gasteiger charge is 2.23. The molecule has 0 saturated heterocycles. The van der Waals surface area contributed by atoms with Crippen molar-refractivity contribution in [3.63, 3.8) is 0 Å². The lowest BCUT2D eigenvalue weighted by atomic mass is 10.0. The maximum absolute atomic E-state index is 14.2. The molecule has 0 spiro atoms. The number of hydrogen-bond acceptors (Lipinski definition) is 12. The van der Waals surface area contributed by atoms with Gasteiger partial charge in [-0.05, 0) is 126 Å². The third-order valence-corrected chi connectivity index (χ3v) is 12.8. The van der Waals surface area contributed by atoms with E-state index in [9.17, 15) is 29.4 Å². The highest BCUT2D eigenvalue weighted by Crippen LogP contribution is 2.44. The van der Waals surface area contributed by atoms with Crippen LogP contribution in [0.2, 0.25) is 0 Å². The summed E-state index contributed by atoms with van der Waals surface area (Å²) in [6.07, 6.45) is 0. The molecule has 0 aliphatic rings. The Labute approximate surface area is 468 Å². The van der Waals surface area contributed by atoms with Crippen LogP contribution in [-0.4, -0.2) is 33.8 Å². The molecule has 16 heteroatoms. The van der Waals surface area contributed by atoms with E-state index in [0.29, 0.717) is 44.4 Å². The van der Waals surface area contributed by atoms with Gasteiger partial charge in [-0.3, -0.25) is 19.2 Å². The van der Waals surface area contributed by atoms with Crippen molar-refractivity contribution in [3.8, 4) is 34.5 Å². The zero-order valence-electron chi connectivity index (χ0n) is 43.2. The van der Waals surface area contributed by atoms with Gasteiger partial charge in [0.2, 0.25) is 0 Å². The third-order valence-electron chi connectivity index (χ3n) is 12.8. The number of anilines is 4. The summed E-state index contributed by atoms with van der Waals surface area (Å²) in [6.45, 7) is 0. The fourth-order valence-electron chi connectivity index (χ4n) is 8.79. The van der Waals surface area contributed by atoms with Gasteiger partial charge in [-0.1, -0.05) is 127 Å². The highest BCUT2D eigenvalue weighted by atomic mass is 16.5. The van der Waals surface area contributed by atoms with Gasteiger partial charge in [0.15, 0.2) is 23.0 Å². The van der Waals surface area contributed by atoms with E-state index in [1.807, 2.05) is 48.5 Å². The van der Waals surface area contributed by atoms with Crippen molar-refractivity contribution in [1.82, 2.24) is 0 Å². The summed E-state index contributed by atoms with van der Waals surface area (Å²) in [4.78, 5) is 55.3. The summed E-state index contributed by atoms with van der Waals surface area (Å²) in [5.74, 6) is -1.63. The van der Waals surface area contributed by atoms with Crippen LogP contribution in [0.3, 0.4) is 0 Å². The molecular formula is C66H46N8O8. The van der Waals surface area contributed by atoms with E-state index in [0.717, 1.165) is 0 Å². The average Bonchev–Trinajstić information content (AvgIpc) is 3.70. The van der Waals surface area contributed by atoms with Crippen LogP contribution in [0.15, 0.2) is 263 Å². The normalized spacial score (nSPS) is 11.1. The summed E-state index contributed by atoms with van der Waals surface area (Å²) in [5.41, 5.74) is 2.21. The summed E-state index contributed by atoms with van der Waals surface area (Å²) in [5, 5.41) is 55.2. The monoisotopic (exact) mass is 1080 g/mol. The molecule has 4 amide bonds. The van der Waals surface area contributed by atoms with Crippen molar-refractivity contribution < 1.29 is 38.9 Å². The molecule has 0 aliphatic heterocycles. The Balaban J connectivity index is 0.859. The number of nitrogens with one attached hydrogen (secondary N) is 4. The van der Waals surface area contributed by atoms with Crippen LogP contribution >= 0.6 is 0 Å². The molecule has 16 nitrogen and oxygen atoms in total. The Morgan fingerprint density at radius 1 is 0.329 bits per heavy atom. The van der Waals surface area contributed by atoms with Crippen LogP contribution in [0.4, 0.5) is 45.5 Å². The molecular weight excluding hydrogens is 1030 g/mol. The largest absolute Gasteiger partial charge is 0.505 e. The number of phenolic OH excluding ortho intramolecular Hbond substituents is 2. The van der Waals surface area contributed by atoms with E-state index in [1.54, 1.807) is 164 Å². The van der Waals surface area contributed by atoms with E-state index in [-0.39, 0.29) is 67.9 Å². The SMILES string of the molecule is O=C(Nc1ccccc1)c1ccc(Oc2ccccc2)c(N=Nc2c(O)c(C(=O)Nc3cccc(NC(=O)c4cc5ccccc5c(N=Nc5cc(C(=O)Nc6ccccc6)ccc5Oc5ccccc5)c4O)c3)cc3ccccc23)c1. The van der Waals surface area contributed by atoms with Gasteiger partial charge in [-0.2, -0.15) is 0 Å². The molecule has 0 unspecified atom stereocenters. The second-order valence-electron chi connectivity index (χ2n) is 18.4. The first-order valence-electron chi connectivity index (χ1n) is 25.6. The van der Waals surface area contributed by atoms with Crippen LogP contribution in [0.25, 0.3) is 21.5 Å². The van der Waals surface area contributed by atoms with Crippen molar-refractivity contribution in [2.45, 2.75) is 0 Å². The van der Waals surface area contributed by atoms with Gasteiger partial charge in [-0.25, -0.2) is 0 Å². The van der Waals surface area contributed by atoms with Crippen LogP contribution < -0.4 is 30.7 Å². The zero-order chi connectivity index (χ0) is 56.4. The van der Waals surface area contributed by atoms with Gasteiger partial charge in [0.05, 0.1) is 11.1 Å². The van der Waals surface area contributed by atoms with Crippen LogP contribution in [0, 0.1) is 0 Å². The number of rotatable bonds is 16. The van der Waals surface area contributed by atoms with Crippen molar-refractivity contribution in [3.05, 3.63) is 265 Å². The Morgan fingerprint density at radius 2 is 0.683 bits per heavy atom. The molecule has 0 saturated carbocycles. The molecule has 0 atom stereocenters. The second-order valence-corrected chi connectivity index (χ2v) is 18.4. The molecule has 0 fully saturated rings. The predicted molar refractivity (Wildman–Crippen MR) is 317 cm³/mol. The number of para-hydroxylation sites is 4. The van der Waals surface area contributed by atoms with E-state index < -0.39 is 35.1 Å². The minimum atomic E-state index is -0.710. The number of fused-ring (bicyclic) bond motifs is 2. The van der Waals surface area contributed by atoms with Crippen LogP contribution in [-0.2, 0) is 0 Å². The smallest absolute Gasteiger partial charge is 0.259 e. The zero-order valence-corrected chi connectivity index (χ0v) is 43.2. The fourth-order valence-corrected chi connectivity index (χ4v) is 8.79. The Morgan fingerprint density at radius 3 is 1.10 bits per heavy atom. The van der Waals surface area contributed by atoms with Crippen molar-refractivity contribution in [1.29, 1.82) is 0 Å². The summed E-state index contributed by atoms with van der Waals surface area (Å²) >= 11 is 0. The van der Waals surface area contributed by atoms with Gasteiger partial charge >= 0.3 is 0 Å². The lowest BCUT2D eigenvalue weighted by Gasteiger charge is -2.14. The highest BCUT2D eigenvalue weighted by molar-refractivity contribution is 6.14. The molecule has 0 aliphatic carbocycles. The van der Waals surface area contributed by atoms with E-state index >= 15 is 0 Å². The third kappa shape index (κ3) is 12.0. The molecule has 11 rings (SSSR count). The van der Waals surface area contributed by atoms with Crippen molar-refractivity contribution in [2.24, 2.45) is 20.5 Å². The van der Waals surface area contributed by atoms with Gasteiger partial charge < -0.3 is 41.0 Å². The first-order valence-corrected chi connectivity index (χ1v) is 25.6. The number of carbonyl (C=O) groups is 4. The molecule has 6 N–H and O–H groups in total. The number of phenols is 2. The number of amides is 4. The molecule has 11 aromatic carbocycles. The minimum absolute atomic E-state index is 0.0242. The van der Waals surface area contributed by atoms with Crippen LogP contribution in [0.5, 0.6) is 34.5 Å². The molecule has 0 radical (unpaired) electrons. The molecule has 82 heavy (non-hydrogen) atoms. The number of nitrogens with zero attached hydrogens (tertiary/aromatic N) is 4. The first kappa shape index (κ1) is 52.3. The van der Waals surface area contributed by atoms with Gasteiger partial charge in [0.1, 0.15) is 34.2 Å². The van der Waals surface area contributed by atoms with E-state index in [1.165, 1.54) is 30.3 Å². The summed E-state index contributed by atoms with van der Waals surface area (Å²) in [7, 11) is 0. The average molecular weight is 1080 g/mol. The number of benzene rings is 11. The molecule has 0 heterocycles. The first-order chi connectivity index (χ1) is 40.1. The standard InChI is InChI=1S/C66H46N8O8/c75-61-53(36-41-18-13-15-30-51(41)59(61)73-71-55-38-43(63(77)67-45-20-5-1-6-21-45)32-34-57(55)81-49-26-9-3-10-27-49)65(79)69-47-24-17-25-48(40-47)70-66(80)54-37-42-19-14-16-31-52(42)60(62(54)76)74-72-56-39-44(64(78)68-46-22-7-2-8-23-46)33-35-58(56)82-50-28-11-4-12-29-50/h1-40,75-76H,(H,67,77)(H,68,78)(H,69,79)(H,70,80). The number of hydrogen-bond donors (Lipinski definition) is 6. The molecule has 0 aromatic heterocycles. The number of aromatic hydroxyl groups is 2. The van der Waals surface area contributed by atoms with Crippen molar-refractivity contribution in [2.75, 3.05) is 21.3 Å². The topological polar surface area (TPSA) is 225 Å². The van der Waals surface area contributed by atoms with Gasteiger partial charge in [0, 0.05) is 44.6 Å². The molecule has 0 bridgehead atoms. The Hall–Kier alpha value is -11.8. The van der Waals surface area contributed by atoms with E-state index in [2.05, 4.69) is 41.7 Å². The maximum Gasteiger partial charge on any atom is 0.259 e. The Bertz CT molecular complexity index is 4010. The second kappa shape index (κ2) is 23.9. The number of carbonyl (C=O) groups excluding carboxylic acids is 4. The number of ether oxygens (including phenoxy) is 2. The Kier molecular flexibility index (Phi) is 15.2. The quantitative estimate of drug-likeness (QED) is 0.0509. The van der Waals surface area contributed by atoms with Gasteiger partial charge in [0.25, 0.3) is 23.6 Å². The lowest BCUT2D eigenvalue weighted by molar-refractivity contribution is 0.101. The van der Waals surface area contributed by atoms with Crippen molar-refractivity contribution >= 4 is 90.7 Å². The van der Waals surface area contributed by atoms with Gasteiger partial charge in [-0.15, -0.1) is 20.5 Å². The van der Waals surface area contributed by atoms with Crippen LogP contribution in [0.1, 0.15) is 41.4 Å². The predicted octanol–water partition coefficient (Wildman–Crippen LogP) is 16.8. The lowest BCUT2D eigenvalue weighted by Crippen LogP contribution is -2.14. The fraction of sp³-hybridized carbons (Fsp3) is 0. The van der Waals surface area contributed by atoms with E-state index in [4.69, 9.17) is 9.47 Å². The maximum atomic E-state index is 14.2. The molecule has 398 valence electrons.